The minimum Gasteiger partial charge on any atom is -0.497 e. The van der Waals surface area contributed by atoms with Gasteiger partial charge in [-0.2, -0.15) is 8.42 Å². The second kappa shape index (κ2) is 9.35. The summed E-state index contributed by atoms with van der Waals surface area (Å²) in [4.78, 5) is 12.2. The van der Waals surface area contributed by atoms with E-state index in [2.05, 4.69) is 19.8 Å². The molecular formula is C21H27N5O5S. The number of carbonyl (C=O) groups is 1. The number of rotatable bonds is 8. The van der Waals surface area contributed by atoms with Gasteiger partial charge in [-0.25, -0.2) is 4.79 Å². The summed E-state index contributed by atoms with van der Waals surface area (Å²) in [7, 11) is -2.26. The molecule has 0 atom stereocenters. The van der Waals surface area contributed by atoms with E-state index in [1.807, 2.05) is 38.1 Å². The van der Waals surface area contributed by atoms with Gasteiger partial charge in [0, 0.05) is 18.5 Å². The van der Waals surface area contributed by atoms with Crippen molar-refractivity contribution >= 4 is 27.8 Å². The van der Waals surface area contributed by atoms with E-state index in [4.69, 9.17) is 15.2 Å². The Morgan fingerprint density at radius 1 is 1.16 bits per heavy atom. The van der Waals surface area contributed by atoms with Gasteiger partial charge in [0.1, 0.15) is 11.5 Å². The molecule has 0 fully saturated rings. The van der Waals surface area contributed by atoms with Crippen LogP contribution in [0.1, 0.15) is 25.0 Å². The molecule has 0 aliphatic carbocycles. The zero-order valence-corrected chi connectivity index (χ0v) is 19.0. The van der Waals surface area contributed by atoms with Crippen LogP contribution < -0.4 is 30.6 Å². The number of methoxy groups -OCH3 is 1. The third-order valence-corrected chi connectivity index (χ3v) is 5.61. The Balaban J connectivity index is 1.52. The standard InChI is InChI=1S/C21H27N5O5S/c1-21(2,12-24-20(27)23-11-14-7-9-15(30-3)10-8-14)13-31-17-6-4-5-16-18(17)19(22)26-32(28,29)25-16/h4-10,25H,11-13H2,1-3H3,(H2,22,26)(H2,23,24,27). The van der Waals surface area contributed by atoms with Crippen molar-refractivity contribution in [3.05, 3.63) is 53.6 Å². The van der Waals surface area contributed by atoms with Crippen molar-refractivity contribution in [1.29, 1.82) is 0 Å². The van der Waals surface area contributed by atoms with Crippen LogP contribution in [0.25, 0.3) is 0 Å². The quantitative estimate of drug-likeness (QED) is 0.473. The van der Waals surface area contributed by atoms with Crippen molar-refractivity contribution in [3.63, 3.8) is 0 Å². The number of benzene rings is 2. The number of hydrogen-bond donors (Lipinski definition) is 4. The highest BCUT2D eigenvalue weighted by Gasteiger charge is 2.26. The van der Waals surface area contributed by atoms with Crippen molar-refractivity contribution in [2.24, 2.45) is 15.5 Å². The monoisotopic (exact) mass is 461 g/mol. The zero-order chi connectivity index (χ0) is 23.4. The normalized spacial score (nSPS) is 14.4. The third-order valence-electron chi connectivity index (χ3n) is 4.70. The van der Waals surface area contributed by atoms with Crippen LogP contribution in [0.3, 0.4) is 0 Å². The van der Waals surface area contributed by atoms with Gasteiger partial charge >= 0.3 is 16.2 Å². The van der Waals surface area contributed by atoms with Gasteiger partial charge in [-0.1, -0.05) is 32.0 Å². The number of urea groups is 1. The SMILES string of the molecule is COc1ccc(CNC(=O)NCC(C)(C)COc2cccc3c2C(N)=NS(=O)(=O)N3)cc1. The fourth-order valence-electron chi connectivity index (χ4n) is 2.97. The van der Waals surface area contributed by atoms with E-state index in [-0.39, 0.29) is 18.5 Å². The summed E-state index contributed by atoms with van der Waals surface area (Å²) in [5.41, 5.74) is 7.07. The van der Waals surface area contributed by atoms with Crippen molar-refractivity contribution in [2.75, 3.05) is 25.0 Å². The number of amides is 2. The van der Waals surface area contributed by atoms with Gasteiger partial charge in [0.2, 0.25) is 0 Å². The Kier molecular flexibility index (Phi) is 6.78. The molecular weight excluding hydrogens is 434 g/mol. The van der Waals surface area contributed by atoms with Crippen LogP contribution in [-0.2, 0) is 16.8 Å². The number of hydrogen-bond acceptors (Lipinski definition) is 6. The number of carbonyl (C=O) groups excluding carboxylic acids is 1. The average molecular weight is 462 g/mol. The molecule has 32 heavy (non-hydrogen) atoms. The number of nitrogens with zero attached hydrogens (tertiary/aromatic N) is 1. The molecule has 10 nitrogen and oxygen atoms in total. The summed E-state index contributed by atoms with van der Waals surface area (Å²) in [6.07, 6.45) is 0. The number of anilines is 1. The van der Waals surface area contributed by atoms with Crippen molar-refractivity contribution < 1.29 is 22.7 Å². The molecule has 2 amide bonds. The Morgan fingerprint density at radius 3 is 2.56 bits per heavy atom. The summed E-state index contributed by atoms with van der Waals surface area (Å²) >= 11 is 0. The molecule has 3 rings (SSSR count). The predicted octanol–water partition coefficient (Wildman–Crippen LogP) is 1.98. The van der Waals surface area contributed by atoms with Crippen LogP contribution in [0, 0.1) is 5.41 Å². The molecule has 172 valence electrons. The fraction of sp³-hybridized carbons (Fsp3) is 0.333. The van der Waals surface area contributed by atoms with Gasteiger partial charge in [0.25, 0.3) is 0 Å². The van der Waals surface area contributed by atoms with Crippen LogP contribution in [0.15, 0.2) is 46.9 Å². The van der Waals surface area contributed by atoms with Crippen LogP contribution >= 0.6 is 0 Å². The number of nitrogens with two attached hydrogens (primary N) is 1. The molecule has 0 unspecified atom stereocenters. The summed E-state index contributed by atoms with van der Waals surface area (Å²) < 4.78 is 40.2. The second-order valence-electron chi connectivity index (χ2n) is 8.07. The molecule has 2 aromatic carbocycles. The first-order chi connectivity index (χ1) is 15.1. The van der Waals surface area contributed by atoms with Gasteiger partial charge in [-0.05, 0) is 29.8 Å². The van der Waals surface area contributed by atoms with Crippen molar-refractivity contribution in [3.8, 4) is 11.5 Å². The van der Waals surface area contributed by atoms with Crippen LogP contribution in [-0.4, -0.2) is 40.5 Å². The molecule has 0 bridgehead atoms. The topological polar surface area (TPSA) is 144 Å². The van der Waals surface area contributed by atoms with Crippen LogP contribution in [0.2, 0.25) is 0 Å². The van der Waals surface area contributed by atoms with E-state index >= 15 is 0 Å². The highest BCUT2D eigenvalue weighted by atomic mass is 32.2. The minimum absolute atomic E-state index is 0.136. The number of fused-ring (bicyclic) bond motifs is 1. The van der Waals surface area contributed by atoms with Gasteiger partial charge in [0.15, 0.2) is 5.84 Å². The zero-order valence-electron chi connectivity index (χ0n) is 18.1. The Hall–Kier alpha value is -3.47. The number of ether oxygens (including phenoxy) is 2. The maximum absolute atomic E-state index is 12.2. The minimum atomic E-state index is -3.86. The van der Waals surface area contributed by atoms with E-state index in [1.54, 1.807) is 25.3 Å². The van der Waals surface area contributed by atoms with Crippen molar-refractivity contribution in [1.82, 2.24) is 10.6 Å². The Morgan fingerprint density at radius 2 is 1.88 bits per heavy atom. The molecule has 11 heteroatoms. The molecule has 1 aliphatic heterocycles. The second-order valence-corrected chi connectivity index (χ2v) is 9.41. The lowest BCUT2D eigenvalue weighted by Crippen LogP contribution is -2.42. The van der Waals surface area contributed by atoms with Gasteiger partial charge in [-0.3, -0.25) is 4.72 Å². The molecule has 0 saturated carbocycles. The lowest BCUT2D eigenvalue weighted by Gasteiger charge is -2.26. The smallest absolute Gasteiger partial charge is 0.344 e. The Bertz CT molecular complexity index is 1110. The number of amidine groups is 1. The summed E-state index contributed by atoms with van der Waals surface area (Å²) in [6, 6.07) is 12.1. The maximum atomic E-state index is 12.2. The first-order valence-electron chi connectivity index (χ1n) is 9.87. The van der Waals surface area contributed by atoms with Crippen LogP contribution in [0.4, 0.5) is 10.5 Å². The number of nitrogens with one attached hydrogen (secondary N) is 3. The molecule has 0 spiro atoms. The van der Waals surface area contributed by atoms with Gasteiger partial charge < -0.3 is 25.8 Å². The third kappa shape index (κ3) is 6.03. The van der Waals surface area contributed by atoms with E-state index < -0.39 is 15.6 Å². The largest absolute Gasteiger partial charge is 0.497 e. The fourth-order valence-corrected chi connectivity index (χ4v) is 3.81. The van der Waals surface area contributed by atoms with E-state index in [1.165, 1.54) is 0 Å². The van der Waals surface area contributed by atoms with Gasteiger partial charge in [-0.15, -0.1) is 4.40 Å². The molecule has 0 radical (unpaired) electrons. The molecule has 1 aliphatic rings. The highest BCUT2D eigenvalue weighted by molar-refractivity contribution is 7.91. The van der Waals surface area contributed by atoms with Gasteiger partial charge in [0.05, 0.1) is 25.0 Å². The summed E-state index contributed by atoms with van der Waals surface area (Å²) in [6.45, 7) is 4.87. The molecule has 5 N–H and O–H groups in total. The lowest BCUT2D eigenvalue weighted by molar-refractivity contribution is 0.175. The molecule has 0 saturated heterocycles. The highest BCUT2D eigenvalue weighted by Crippen LogP contribution is 2.31. The van der Waals surface area contributed by atoms with E-state index in [0.717, 1.165) is 11.3 Å². The predicted molar refractivity (Wildman–Crippen MR) is 122 cm³/mol. The van der Waals surface area contributed by atoms with E-state index in [9.17, 15) is 13.2 Å². The maximum Gasteiger partial charge on any atom is 0.344 e. The molecule has 1 heterocycles. The average Bonchev–Trinajstić information content (AvgIpc) is 2.74. The van der Waals surface area contributed by atoms with Crippen molar-refractivity contribution in [2.45, 2.75) is 20.4 Å². The lowest BCUT2D eigenvalue weighted by atomic mass is 9.95. The summed E-state index contributed by atoms with van der Waals surface area (Å²) in [5, 5.41) is 5.65. The summed E-state index contributed by atoms with van der Waals surface area (Å²) in [5.74, 6) is 1.02. The van der Waals surface area contributed by atoms with Crippen LogP contribution in [0.5, 0.6) is 11.5 Å². The molecule has 2 aromatic rings. The van der Waals surface area contributed by atoms with E-state index in [0.29, 0.717) is 30.1 Å². The first-order valence-corrected chi connectivity index (χ1v) is 11.3. The molecule has 0 aromatic heterocycles. The first kappa shape index (κ1) is 23.2. The Labute approximate surface area is 187 Å².